The Bertz CT molecular complexity index is 381. The molecule has 0 radical (unpaired) electrons. The van der Waals surface area contributed by atoms with Crippen molar-refractivity contribution in [3.63, 3.8) is 0 Å². The van der Waals surface area contributed by atoms with Crippen LogP contribution in [0.25, 0.3) is 0 Å². The second kappa shape index (κ2) is 6.44. The van der Waals surface area contributed by atoms with Gasteiger partial charge < -0.3 is 20.6 Å². The third-order valence-electron chi connectivity index (χ3n) is 2.59. The molecule has 6 heteroatoms. The van der Waals surface area contributed by atoms with E-state index in [-0.39, 0.29) is 6.42 Å². The van der Waals surface area contributed by atoms with Crippen molar-refractivity contribution in [1.82, 2.24) is 5.32 Å². The number of amides is 1. The van der Waals surface area contributed by atoms with Crippen LogP contribution >= 0.6 is 0 Å². The number of aliphatic hydroxyl groups excluding tert-OH is 3. The molecule has 0 bridgehead atoms. The quantitative estimate of drug-likeness (QED) is 0.537. The summed E-state index contributed by atoms with van der Waals surface area (Å²) >= 11 is 0. The first-order valence-electron chi connectivity index (χ1n) is 5.43. The molecule has 0 aliphatic rings. The summed E-state index contributed by atoms with van der Waals surface area (Å²) in [6.45, 7) is -1.72. The van der Waals surface area contributed by atoms with Gasteiger partial charge in [0.1, 0.15) is 11.4 Å². The topological polar surface area (TPSA) is 89.8 Å². The average molecular weight is 257 g/mol. The van der Waals surface area contributed by atoms with Crippen LogP contribution in [0.5, 0.6) is 0 Å². The first-order chi connectivity index (χ1) is 8.55. The third-order valence-corrected chi connectivity index (χ3v) is 2.59. The van der Waals surface area contributed by atoms with Gasteiger partial charge in [-0.05, 0) is 17.7 Å². The van der Waals surface area contributed by atoms with Gasteiger partial charge in [-0.1, -0.05) is 12.1 Å². The number of aliphatic hydroxyl groups is 3. The van der Waals surface area contributed by atoms with E-state index in [2.05, 4.69) is 5.32 Å². The molecule has 4 N–H and O–H groups in total. The summed E-state index contributed by atoms with van der Waals surface area (Å²) in [5, 5.41) is 29.5. The Hall–Kier alpha value is -1.50. The maximum Gasteiger partial charge on any atom is 0.225 e. The lowest BCUT2D eigenvalue weighted by molar-refractivity contribution is -0.124. The Morgan fingerprint density at radius 2 is 1.61 bits per heavy atom. The Morgan fingerprint density at radius 1 is 1.11 bits per heavy atom. The minimum atomic E-state index is -1.43. The second-order valence-electron chi connectivity index (χ2n) is 4.11. The predicted molar refractivity (Wildman–Crippen MR) is 62.2 cm³/mol. The van der Waals surface area contributed by atoms with Gasteiger partial charge in [0.25, 0.3) is 0 Å². The van der Waals surface area contributed by atoms with Gasteiger partial charge in [-0.2, -0.15) is 0 Å². The van der Waals surface area contributed by atoms with E-state index in [4.69, 9.17) is 15.3 Å². The monoisotopic (exact) mass is 257 g/mol. The van der Waals surface area contributed by atoms with Crippen LogP contribution in [0.2, 0.25) is 0 Å². The van der Waals surface area contributed by atoms with E-state index in [0.29, 0.717) is 5.56 Å². The number of hydrogen-bond acceptors (Lipinski definition) is 4. The van der Waals surface area contributed by atoms with Gasteiger partial charge in [0.15, 0.2) is 0 Å². The van der Waals surface area contributed by atoms with Gasteiger partial charge >= 0.3 is 0 Å². The highest BCUT2D eigenvalue weighted by Crippen LogP contribution is 2.06. The highest BCUT2D eigenvalue weighted by molar-refractivity contribution is 5.79. The first kappa shape index (κ1) is 14.6. The largest absolute Gasteiger partial charge is 0.394 e. The number of nitrogens with one attached hydrogen (secondary N) is 1. The van der Waals surface area contributed by atoms with Crippen molar-refractivity contribution >= 4 is 5.91 Å². The molecule has 0 heterocycles. The zero-order valence-electron chi connectivity index (χ0n) is 9.77. The van der Waals surface area contributed by atoms with Crippen LogP contribution in [0.1, 0.15) is 5.56 Å². The molecule has 0 aliphatic heterocycles. The Morgan fingerprint density at radius 3 is 2.06 bits per heavy atom. The summed E-state index contributed by atoms with van der Waals surface area (Å²) in [6.07, 6.45) is -0.0258. The number of hydrogen-bond donors (Lipinski definition) is 4. The molecule has 1 aromatic carbocycles. The van der Waals surface area contributed by atoms with E-state index in [1.807, 2.05) is 0 Å². The van der Waals surface area contributed by atoms with Crippen molar-refractivity contribution in [3.05, 3.63) is 35.6 Å². The van der Waals surface area contributed by atoms with E-state index in [1.165, 1.54) is 24.3 Å². The molecule has 1 amide bonds. The zero-order valence-corrected chi connectivity index (χ0v) is 9.77. The van der Waals surface area contributed by atoms with Crippen LogP contribution in [0, 0.1) is 5.82 Å². The fourth-order valence-electron chi connectivity index (χ4n) is 1.40. The van der Waals surface area contributed by atoms with Crippen molar-refractivity contribution in [2.24, 2.45) is 0 Å². The molecular weight excluding hydrogens is 241 g/mol. The lowest BCUT2D eigenvalue weighted by Crippen LogP contribution is -2.57. The Balaban J connectivity index is 2.63. The first-order valence-corrected chi connectivity index (χ1v) is 5.43. The van der Waals surface area contributed by atoms with Crippen molar-refractivity contribution < 1.29 is 24.5 Å². The van der Waals surface area contributed by atoms with E-state index in [1.54, 1.807) is 0 Å². The smallest absolute Gasteiger partial charge is 0.225 e. The highest BCUT2D eigenvalue weighted by Gasteiger charge is 2.29. The number of benzene rings is 1. The van der Waals surface area contributed by atoms with Crippen LogP contribution in [-0.2, 0) is 11.2 Å². The lowest BCUT2D eigenvalue weighted by Gasteiger charge is -2.28. The average Bonchev–Trinajstić information content (AvgIpc) is 2.39. The molecule has 1 aromatic rings. The summed E-state index contributed by atoms with van der Waals surface area (Å²) in [6, 6.07) is 5.40. The molecule has 1 rings (SSSR count). The zero-order chi connectivity index (χ0) is 13.6. The molecule has 0 saturated heterocycles. The molecule has 0 spiro atoms. The molecule has 0 fully saturated rings. The summed E-state index contributed by atoms with van der Waals surface area (Å²) in [7, 11) is 0. The van der Waals surface area contributed by atoms with Gasteiger partial charge in [-0.25, -0.2) is 4.39 Å². The third kappa shape index (κ3) is 3.76. The molecule has 0 saturated carbocycles. The Labute approximate surface area is 104 Å². The normalized spacial score (nSPS) is 11.3. The van der Waals surface area contributed by atoms with Crippen molar-refractivity contribution in [2.45, 2.75) is 12.0 Å². The van der Waals surface area contributed by atoms with Gasteiger partial charge in [0, 0.05) is 0 Å². The number of halogens is 1. The Kier molecular flexibility index (Phi) is 5.21. The van der Waals surface area contributed by atoms with E-state index in [9.17, 15) is 9.18 Å². The summed E-state index contributed by atoms with van der Waals surface area (Å²) in [4.78, 5) is 11.7. The standard InChI is InChI=1S/C12H16FNO4/c13-10-3-1-9(2-4-10)5-11(18)14-12(6-15,7-16)8-17/h1-4,15-17H,5-8H2,(H,14,18). The molecule has 5 nitrogen and oxygen atoms in total. The van der Waals surface area contributed by atoms with Gasteiger partial charge in [-0.15, -0.1) is 0 Å². The summed E-state index contributed by atoms with van der Waals surface area (Å²) < 4.78 is 12.7. The van der Waals surface area contributed by atoms with Crippen LogP contribution in [-0.4, -0.2) is 46.6 Å². The van der Waals surface area contributed by atoms with Crippen molar-refractivity contribution in [1.29, 1.82) is 0 Å². The van der Waals surface area contributed by atoms with Gasteiger partial charge in [-0.3, -0.25) is 4.79 Å². The molecule has 0 aliphatic carbocycles. The van der Waals surface area contributed by atoms with E-state index in [0.717, 1.165) is 0 Å². The maximum absolute atomic E-state index is 12.7. The number of carbonyl (C=O) groups excluding carboxylic acids is 1. The van der Waals surface area contributed by atoms with Crippen LogP contribution in [0.4, 0.5) is 4.39 Å². The van der Waals surface area contributed by atoms with Crippen LogP contribution < -0.4 is 5.32 Å². The summed E-state index contributed by atoms with van der Waals surface area (Å²) in [5.41, 5.74) is -0.839. The summed E-state index contributed by atoms with van der Waals surface area (Å²) in [5.74, 6) is -0.867. The second-order valence-corrected chi connectivity index (χ2v) is 4.11. The van der Waals surface area contributed by atoms with E-state index < -0.39 is 37.1 Å². The predicted octanol–water partition coefficient (Wildman–Crippen LogP) is -0.800. The molecule has 100 valence electrons. The molecule has 0 aromatic heterocycles. The van der Waals surface area contributed by atoms with Crippen molar-refractivity contribution in [3.8, 4) is 0 Å². The molecule has 0 atom stereocenters. The minimum absolute atomic E-state index is 0.0258. The number of rotatable bonds is 6. The lowest BCUT2D eigenvalue weighted by atomic mass is 10.0. The SMILES string of the molecule is O=C(Cc1ccc(F)cc1)NC(CO)(CO)CO. The van der Waals surface area contributed by atoms with Gasteiger partial charge in [0.2, 0.25) is 5.91 Å². The fourth-order valence-corrected chi connectivity index (χ4v) is 1.40. The fraction of sp³-hybridized carbons (Fsp3) is 0.417. The van der Waals surface area contributed by atoms with E-state index >= 15 is 0 Å². The van der Waals surface area contributed by atoms with Crippen LogP contribution in [0.3, 0.4) is 0 Å². The molecular formula is C12H16FNO4. The van der Waals surface area contributed by atoms with Crippen LogP contribution in [0.15, 0.2) is 24.3 Å². The molecule has 0 unspecified atom stereocenters. The highest BCUT2D eigenvalue weighted by atomic mass is 19.1. The minimum Gasteiger partial charge on any atom is -0.394 e. The maximum atomic E-state index is 12.7. The van der Waals surface area contributed by atoms with Crippen molar-refractivity contribution in [2.75, 3.05) is 19.8 Å². The van der Waals surface area contributed by atoms with Gasteiger partial charge in [0.05, 0.1) is 26.2 Å². The number of carbonyl (C=O) groups is 1. The molecule has 18 heavy (non-hydrogen) atoms.